The molecular formula is C21H33NO2. The van der Waals surface area contributed by atoms with Crippen molar-refractivity contribution in [3.8, 4) is 0 Å². The van der Waals surface area contributed by atoms with Crippen LogP contribution in [0.2, 0.25) is 0 Å². The molecule has 3 nitrogen and oxygen atoms in total. The molecule has 0 radical (unpaired) electrons. The topological polar surface area (TPSA) is 41.5 Å². The number of hydrogen-bond donors (Lipinski definition) is 2. The summed E-state index contributed by atoms with van der Waals surface area (Å²) in [7, 11) is 0. The van der Waals surface area contributed by atoms with Gasteiger partial charge < -0.3 is 15.2 Å². The smallest absolute Gasteiger partial charge is 0.0716 e. The summed E-state index contributed by atoms with van der Waals surface area (Å²) in [6, 6.07) is 11.0. The quantitative estimate of drug-likeness (QED) is 0.745. The Morgan fingerprint density at radius 2 is 1.96 bits per heavy atom. The number of piperidine rings is 1. The van der Waals surface area contributed by atoms with Crippen molar-refractivity contribution < 1.29 is 9.84 Å². The third-order valence-electron chi connectivity index (χ3n) is 6.21. The second kappa shape index (κ2) is 8.46. The lowest BCUT2D eigenvalue weighted by Crippen LogP contribution is -2.57. The van der Waals surface area contributed by atoms with Crippen molar-refractivity contribution in [1.29, 1.82) is 0 Å². The molecule has 1 heterocycles. The molecule has 1 spiro atoms. The number of hydrogen-bond acceptors (Lipinski definition) is 3. The van der Waals surface area contributed by atoms with Crippen LogP contribution in [0.15, 0.2) is 30.3 Å². The number of benzene rings is 1. The molecule has 1 aromatic rings. The number of aliphatic hydroxyl groups is 1. The van der Waals surface area contributed by atoms with Gasteiger partial charge in [0.15, 0.2) is 0 Å². The van der Waals surface area contributed by atoms with Gasteiger partial charge in [-0.2, -0.15) is 0 Å². The molecule has 2 N–H and O–H groups in total. The number of ether oxygens (including phenoxy) is 1. The molecule has 1 aliphatic carbocycles. The van der Waals surface area contributed by atoms with Gasteiger partial charge in [-0.3, -0.25) is 0 Å². The van der Waals surface area contributed by atoms with Crippen LogP contribution in [0.5, 0.6) is 0 Å². The number of aliphatic hydroxyl groups excluding tert-OH is 1. The first kappa shape index (κ1) is 17.9. The van der Waals surface area contributed by atoms with Gasteiger partial charge in [0.05, 0.1) is 6.61 Å². The van der Waals surface area contributed by atoms with Gasteiger partial charge >= 0.3 is 0 Å². The molecule has 1 saturated carbocycles. The summed E-state index contributed by atoms with van der Waals surface area (Å²) in [5.41, 5.74) is 1.53. The lowest BCUT2D eigenvalue weighted by atomic mass is 9.73. The van der Waals surface area contributed by atoms with Crippen molar-refractivity contribution in [2.75, 3.05) is 13.2 Å². The predicted octanol–water partition coefficient (Wildman–Crippen LogP) is 3.90. The van der Waals surface area contributed by atoms with Crippen LogP contribution in [0.1, 0.15) is 57.4 Å². The Balaban J connectivity index is 1.47. The highest BCUT2D eigenvalue weighted by atomic mass is 16.5. The van der Waals surface area contributed by atoms with Gasteiger partial charge in [0.1, 0.15) is 0 Å². The van der Waals surface area contributed by atoms with Crippen LogP contribution < -0.4 is 5.32 Å². The van der Waals surface area contributed by atoms with Gasteiger partial charge in [0, 0.05) is 24.8 Å². The standard InChI is InChI=1S/C21H33NO2/c1-17(15-23)20-10-6-13-21(20)12-5-9-19(22-21)11-14-24-16-18-7-3-2-4-8-18/h2-4,7-8,17,19-20,22-23H,5-6,9-16H2,1H3/t17-,19+,20+,21+/m0/s1. The minimum Gasteiger partial charge on any atom is -0.396 e. The minimum absolute atomic E-state index is 0.282. The minimum atomic E-state index is 0.282. The van der Waals surface area contributed by atoms with Crippen LogP contribution in [-0.2, 0) is 11.3 Å². The maximum atomic E-state index is 9.61. The van der Waals surface area contributed by atoms with E-state index in [0.717, 1.165) is 13.0 Å². The molecule has 4 atom stereocenters. The Labute approximate surface area is 146 Å². The van der Waals surface area contributed by atoms with Gasteiger partial charge in [0.2, 0.25) is 0 Å². The first-order valence-corrected chi connectivity index (χ1v) is 9.74. The summed E-state index contributed by atoms with van der Waals surface area (Å²) < 4.78 is 5.89. The lowest BCUT2D eigenvalue weighted by molar-refractivity contribution is 0.0674. The lowest BCUT2D eigenvalue weighted by Gasteiger charge is -2.46. The van der Waals surface area contributed by atoms with E-state index in [1.807, 2.05) is 6.07 Å². The number of rotatable bonds is 7. The molecule has 0 bridgehead atoms. The first-order valence-electron chi connectivity index (χ1n) is 9.74. The molecule has 1 aliphatic heterocycles. The van der Waals surface area contributed by atoms with E-state index in [2.05, 4.69) is 36.5 Å². The van der Waals surface area contributed by atoms with Crippen LogP contribution in [0, 0.1) is 11.8 Å². The van der Waals surface area contributed by atoms with E-state index in [4.69, 9.17) is 4.74 Å². The zero-order valence-electron chi connectivity index (χ0n) is 15.0. The van der Waals surface area contributed by atoms with Gasteiger partial charge in [-0.15, -0.1) is 0 Å². The normalized spacial score (nSPS) is 31.4. The zero-order valence-corrected chi connectivity index (χ0v) is 15.0. The van der Waals surface area contributed by atoms with E-state index in [0.29, 0.717) is 31.1 Å². The van der Waals surface area contributed by atoms with E-state index >= 15 is 0 Å². The molecule has 2 fully saturated rings. The summed E-state index contributed by atoms with van der Waals surface area (Å²) in [4.78, 5) is 0. The van der Waals surface area contributed by atoms with Crippen LogP contribution in [0.3, 0.4) is 0 Å². The van der Waals surface area contributed by atoms with Crippen molar-refractivity contribution in [3.05, 3.63) is 35.9 Å². The Morgan fingerprint density at radius 3 is 2.71 bits per heavy atom. The van der Waals surface area contributed by atoms with Gasteiger partial charge in [-0.1, -0.05) is 50.1 Å². The molecule has 2 aliphatic rings. The van der Waals surface area contributed by atoms with E-state index in [1.165, 1.54) is 44.1 Å². The van der Waals surface area contributed by atoms with E-state index in [1.54, 1.807) is 0 Å². The first-order chi connectivity index (χ1) is 11.7. The molecule has 134 valence electrons. The van der Waals surface area contributed by atoms with Crippen molar-refractivity contribution in [2.45, 2.75) is 70.1 Å². The molecule has 1 saturated heterocycles. The van der Waals surface area contributed by atoms with Crippen LogP contribution in [-0.4, -0.2) is 29.9 Å². The van der Waals surface area contributed by atoms with Crippen molar-refractivity contribution in [2.24, 2.45) is 11.8 Å². The van der Waals surface area contributed by atoms with Gasteiger partial charge in [-0.05, 0) is 49.5 Å². The Morgan fingerprint density at radius 1 is 1.21 bits per heavy atom. The van der Waals surface area contributed by atoms with E-state index in [9.17, 15) is 5.11 Å². The summed E-state index contributed by atoms with van der Waals surface area (Å²) in [5.74, 6) is 1.05. The van der Waals surface area contributed by atoms with Gasteiger partial charge in [0.25, 0.3) is 0 Å². The molecule has 24 heavy (non-hydrogen) atoms. The summed E-state index contributed by atoms with van der Waals surface area (Å²) in [6.45, 7) is 4.07. The van der Waals surface area contributed by atoms with Gasteiger partial charge in [-0.25, -0.2) is 0 Å². The molecule has 1 aromatic carbocycles. The summed E-state index contributed by atoms with van der Waals surface area (Å²) >= 11 is 0. The molecule has 0 unspecified atom stereocenters. The SMILES string of the molecule is C[C@@H](CO)[C@H]1CCC[C@]12CCC[C@H](CCOCc1ccccc1)N2. The van der Waals surface area contributed by atoms with Crippen LogP contribution in [0.4, 0.5) is 0 Å². The highest BCUT2D eigenvalue weighted by Gasteiger charge is 2.46. The third kappa shape index (κ3) is 4.19. The van der Waals surface area contributed by atoms with E-state index < -0.39 is 0 Å². The second-order valence-electron chi connectivity index (χ2n) is 7.88. The van der Waals surface area contributed by atoms with Crippen molar-refractivity contribution in [1.82, 2.24) is 5.32 Å². The fourth-order valence-electron chi connectivity index (χ4n) is 4.97. The number of nitrogens with one attached hydrogen (secondary N) is 1. The average Bonchev–Trinajstić information content (AvgIpc) is 3.01. The van der Waals surface area contributed by atoms with Crippen molar-refractivity contribution >= 4 is 0 Å². The largest absolute Gasteiger partial charge is 0.396 e. The van der Waals surface area contributed by atoms with Crippen LogP contribution >= 0.6 is 0 Å². The van der Waals surface area contributed by atoms with E-state index in [-0.39, 0.29) is 5.54 Å². The fraction of sp³-hybridized carbons (Fsp3) is 0.714. The predicted molar refractivity (Wildman–Crippen MR) is 97.8 cm³/mol. The van der Waals surface area contributed by atoms with Crippen molar-refractivity contribution in [3.63, 3.8) is 0 Å². The Kier molecular flexibility index (Phi) is 6.31. The van der Waals surface area contributed by atoms with Crippen LogP contribution in [0.25, 0.3) is 0 Å². The molecule has 0 aromatic heterocycles. The Hall–Kier alpha value is -0.900. The molecule has 0 amide bonds. The second-order valence-corrected chi connectivity index (χ2v) is 7.88. The Bertz CT molecular complexity index is 492. The molecular weight excluding hydrogens is 298 g/mol. The maximum absolute atomic E-state index is 9.61. The maximum Gasteiger partial charge on any atom is 0.0716 e. The fourth-order valence-corrected chi connectivity index (χ4v) is 4.97. The summed E-state index contributed by atoms with van der Waals surface area (Å²) in [5, 5.41) is 13.6. The highest BCUT2D eigenvalue weighted by Crippen LogP contribution is 2.45. The zero-order chi connectivity index (χ0) is 16.8. The molecule has 3 rings (SSSR count). The third-order valence-corrected chi connectivity index (χ3v) is 6.21. The average molecular weight is 331 g/mol. The highest BCUT2D eigenvalue weighted by molar-refractivity contribution is 5.13. The summed E-state index contributed by atoms with van der Waals surface area (Å²) in [6.07, 6.45) is 8.80. The molecule has 3 heteroatoms. The monoisotopic (exact) mass is 331 g/mol.